The van der Waals surface area contributed by atoms with E-state index in [1.54, 1.807) is 66.7 Å². The molecule has 2 aromatic heterocycles. The minimum Gasteiger partial charge on any atom is -0.319 e. The smallest absolute Gasteiger partial charge is 0.265 e. The minimum absolute atomic E-state index is 0.168. The fourth-order valence-electron chi connectivity index (χ4n) is 2.84. The van der Waals surface area contributed by atoms with Crippen LogP contribution in [0.15, 0.2) is 83.6 Å². The van der Waals surface area contributed by atoms with E-state index in [2.05, 4.69) is 10.6 Å². The number of hydrogen-bond donors (Lipinski definition) is 2. The molecule has 5 nitrogen and oxygen atoms in total. The van der Waals surface area contributed by atoms with Crippen molar-refractivity contribution in [3.63, 3.8) is 0 Å². The van der Waals surface area contributed by atoms with Crippen molar-refractivity contribution in [3.8, 4) is 0 Å². The second-order valence-corrected chi connectivity index (χ2v) is 8.21. The topological polar surface area (TPSA) is 75.3 Å². The molecule has 2 amide bonds. The highest BCUT2D eigenvalue weighted by Gasteiger charge is 2.17. The van der Waals surface area contributed by atoms with Gasteiger partial charge in [-0.3, -0.25) is 14.4 Å². The van der Waals surface area contributed by atoms with E-state index in [-0.39, 0.29) is 17.6 Å². The fraction of sp³-hybridized carbons (Fsp3) is 0. The third-order valence-corrected chi connectivity index (χ3v) is 6.04. The molecule has 0 fully saturated rings. The lowest BCUT2D eigenvalue weighted by atomic mass is 10.0. The van der Waals surface area contributed by atoms with Crippen LogP contribution < -0.4 is 10.6 Å². The van der Waals surface area contributed by atoms with Gasteiger partial charge < -0.3 is 10.6 Å². The Morgan fingerprint density at radius 2 is 1.20 bits per heavy atom. The average Bonchev–Trinajstić information content (AvgIpc) is 3.49. The highest BCUT2D eigenvalue weighted by molar-refractivity contribution is 7.12. The van der Waals surface area contributed by atoms with Crippen LogP contribution in [0.1, 0.15) is 35.3 Å². The summed E-state index contributed by atoms with van der Waals surface area (Å²) < 4.78 is 0. The lowest BCUT2D eigenvalue weighted by Crippen LogP contribution is -2.16. The quantitative estimate of drug-likeness (QED) is 0.393. The van der Waals surface area contributed by atoms with Crippen molar-refractivity contribution in [2.75, 3.05) is 10.6 Å². The highest BCUT2D eigenvalue weighted by Crippen LogP contribution is 2.27. The summed E-state index contributed by atoms with van der Waals surface area (Å²) in [5.41, 5.74) is 1.74. The molecule has 0 saturated carbocycles. The largest absolute Gasteiger partial charge is 0.319 e. The van der Waals surface area contributed by atoms with E-state index in [9.17, 15) is 14.4 Å². The molecule has 2 heterocycles. The van der Waals surface area contributed by atoms with Crippen molar-refractivity contribution >= 4 is 51.6 Å². The first-order valence-electron chi connectivity index (χ1n) is 9.05. The zero-order valence-corrected chi connectivity index (χ0v) is 17.3. The molecule has 0 radical (unpaired) electrons. The van der Waals surface area contributed by atoms with Crippen LogP contribution in [0.2, 0.25) is 0 Å². The van der Waals surface area contributed by atoms with Gasteiger partial charge in [-0.2, -0.15) is 0 Å². The third-order valence-electron chi connectivity index (χ3n) is 4.30. The van der Waals surface area contributed by atoms with Crippen LogP contribution in [0.4, 0.5) is 11.4 Å². The Bertz CT molecular complexity index is 1180. The van der Waals surface area contributed by atoms with E-state index < -0.39 is 0 Å². The van der Waals surface area contributed by atoms with Gasteiger partial charge in [0.2, 0.25) is 0 Å². The van der Waals surface area contributed by atoms with Crippen molar-refractivity contribution in [1.29, 1.82) is 0 Å². The summed E-state index contributed by atoms with van der Waals surface area (Å²) in [5.74, 6) is -0.752. The molecule has 7 heteroatoms. The van der Waals surface area contributed by atoms with Gasteiger partial charge in [0.15, 0.2) is 5.78 Å². The summed E-state index contributed by atoms with van der Waals surface area (Å²) in [6.07, 6.45) is 0. The zero-order valence-electron chi connectivity index (χ0n) is 15.6. The van der Waals surface area contributed by atoms with Crippen LogP contribution in [0, 0.1) is 0 Å². The first-order chi connectivity index (χ1) is 14.6. The Morgan fingerprint density at radius 1 is 0.600 bits per heavy atom. The fourth-order valence-corrected chi connectivity index (χ4v) is 4.08. The normalized spacial score (nSPS) is 10.4. The summed E-state index contributed by atoms with van der Waals surface area (Å²) in [7, 11) is 0. The molecule has 0 unspecified atom stereocenters. The van der Waals surface area contributed by atoms with Crippen LogP contribution in [0.5, 0.6) is 0 Å². The van der Waals surface area contributed by atoms with E-state index in [1.807, 2.05) is 16.8 Å². The van der Waals surface area contributed by atoms with E-state index in [4.69, 9.17) is 0 Å². The van der Waals surface area contributed by atoms with Crippen LogP contribution in [0.25, 0.3) is 0 Å². The highest BCUT2D eigenvalue weighted by atomic mass is 32.1. The van der Waals surface area contributed by atoms with Gasteiger partial charge in [-0.25, -0.2) is 0 Å². The molecular weight excluding hydrogens is 416 g/mol. The van der Waals surface area contributed by atoms with Crippen LogP contribution >= 0.6 is 22.7 Å². The van der Waals surface area contributed by atoms with Gasteiger partial charge in [0, 0.05) is 11.1 Å². The molecule has 0 spiro atoms. The monoisotopic (exact) mass is 432 g/mol. The zero-order chi connectivity index (χ0) is 20.9. The van der Waals surface area contributed by atoms with Gasteiger partial charge in [-0.1, -0.05) is 42.5 Å². The number of carbonyl (C=O) groups excluding carboxylic acids is 3. The number of anilines is 2. The van der Waals surface area contributed by atoms with Crippen molar-refractivity contribution in [3.05, 3.63) is 104 Å². The number of hydrogen-bond acceptors (Lipinski definition) is 5. The number of ketones is 1. The molecule has 0 atom stereocenters. The Labute approximate surface area is 181 Å². The standard InChI is InChI=1S/C23H16N2O3S2/c26-21(15-6-2-1-3-7-15)16-10-11-17(24-22(27)19-8-4-12-29-19)18(14-16)25-23(28)20-9-5-13-30-20/h1-14H,(H,24,27)(H,25,28). The lowest BCUT2D eigenvalue weighted by molar-refractivity contribution is 0.101. The van der Waals surface area contributed by atoms with Crippen molar-refractivity contribution < 1.29 is 14.4 Å². The molecule has 30 heavy (non-hydrogen) atoms. The molecule has 0 bridgehead atoms. The summed E-state index contributed by atoms with van der Waals surface area (Å²) in [4.78, 5) is 39.0. The van der Waals surface area contributed by atoms with Gasteiger partial charge in [-0.05, 0) is 41.1 Å². The van der Waals surface area contributed by atoms with E-state index in [1.165, 1.54) is 22.7 Å². The maximum absolute atomic E-state index is 12.8. The molecule has 4 aromatic rings. The number of nitrogens with one attached hydrogen (secondary N) is 2. The second kappa shape index (κ2) is 8.86. The molecule has 4 rings (SSSR count). The van der Waals surface area contributed by atoms with Gasteiger partial charge in [0.1, 0.15) is 0 Å². The molecule has 0 aliphatic rings. The predicted octanol–water partition coefficient (Wildman–Crippen LogP) is 5.55. The molecule has 2 aromatic carbocycles. The van der Waals surface area contributed by atoms with Crippen LogP contribution in [-0.4, -0.2) is 17.6 Å². The number of benzene rings is 2. The Hall–Kier alpha value is -3.55. The molecule has 0 saturated heterocycles. The van der Waals surface area contributed by atoms with E-state index >= 15 is 0 Å². The summed E-state index contributed by atoms with van der Waals surface area (Å²) >= 11 is 2.63. The maximum Gasteiger partial charge on any atom is 0.265 e. The van der Waals surface area contributed by atoms with Gasteiger partial charge >= 0.3 is 0 Å². The van der Waals surface area contributed by atoms with E-state index in [0.717, 1.165) is 0 Å². The molecule has 0 aliphatic heterocycles. The van der Waals surface area contributed by atoms with Crippen LogP contribution in [0.3, 0.4) is 0 Å². The SMILES string of the molecule is O=C(c1ccccc1)c1ccc(NC(=O)c2cccs2)c(NC(=O)c2cccs2)c1. The Kier molecular flexibility index (Phi) is 5.83. The van der Waals surface area contributed by atoms with E-state index in [0.29, 0.717) is 32.3 Å². The Balaban J connectivity index is 1.67. The number of amides is 2. The van der Waals surface area contributed by atoms with Gasteiger partial charge in [0.05, 0.1) is 21.1 Å². The predicted molar refractivity (Wildman–Crippen MR) is 121 cm³/mol. The number of carbonyl (C=O) groups is 3. The summed E-state index contributed by atoms with van der Waals surface area (Å²) in [6.45, 7) is 0. The molecule has 2 N–H and O–H groups in total. The first kappa shape index (κ1) is 19.8. The van der Waals surface area contributed by atoms with Crippen molar-refractivity contribution in [2.24, 2.45) is 0 Å². The number of rotatable bonds is 6. The van der Waals surface area contributed by atoms with Crippen molar-refractivity contribution in [2.45, 2.75) is 0 Å². The van der Waals surface area contributed by atoms with Crippen molar-refractivity contribution in [1.82, 2.24) is 0 Å². The summed E-state index contributed by atoms with van der Waals surface area (Å²) in [6, 6.07) is 20.8. The van der Waals surface area contributed by atoms with Gasteiger partial charge in [0.25, 0.3) is 11.8 Å². The minimum atomic E-state index is -0.305. The first-order valence-corrected chi connectivity index (χ1v) is 10.8. The maximum atomic E-state index is 12.8. The third kappa shape index (κ3) is 4.37. The lowest BCUT2D eigenvalue weighted by Gasteiger charge is -2.13. The molecule has 148 valence electrons. The average molecular weight is 433 g/mol. The summed E-state index contributed by atoms with van der Waals surface area (Å²) in [5, 5.41) is 9.26. The van der Waals surface area contributed by atoms with Gasteiger partial charge in [-0.15, -0.1) is 22.7 Å². The molecular formula is C23H16N2O3S2. The Morgan fingerprint density at radius 3 is 1.77 bits per heavy atom. The number of thiophene rings is 2. The second-order valence-electron chi connectivity index (χ2n) is 6.32. The molecule has 0 aliphatic carbocycles. The van der Waals surface area contributed by atoms with Crippen LogP contribution in [-0.2, 0) is 0 Å².